The van der Waals surface area contributed by atoms with E-state index in [1.54, 1.807) is 11.8 Å². The van der Waals surface area contributed by atoms with Crippen LogP contribution in [0.15, 0.2) is 29.2 Å². The van der Waals surface area contributed by atoms with Crippen LogP contribution in [0.4, 0.5) is 5.69 Å². The van der Waals surface area contributed by atoms with Crippen LogP contribution in [0, 0.1) is 23.2 Å². The van der Waals surface area contributed by atoms with Gasteiger partial charge in [0.25, 0.3) is 0 Å². The van der Waals surface area contributed by atoms with E-state index in [1.807, 2.05) is 30.5 Å². The minimum Gasteiger partial charge on any atom is -0.356 e. The molecule has 0 aromatic heterocycles. The SMILES string of the molecule is CSc1cccc(NC(=O)CCCNC(=O)C23CC4CC(CC(C4)C2)C3)c1. The van der Waals surface area contributed by atoms with Crippen molar-refractivity contribution in [2.45, 2.75) is 56.3 Å². The van der Waals surface area contributed by atoms with E-state index in [0.717, 1.165) is 47.6 Å². The molecule has 5 heteroatoms. The molecule has 27 heavy (non-hydrogen) atoms. The number of carbonyl (C=O) groups is 2. The highest BCUT2D eigenvalue weighted by Crippen LogP contribution is 2.60. The number of anilines is 1. The topological polar surface area (TPSA) is 58.2 Å². The first-order valence-electron chi connectivity index (χ1n) is 10.3. The van der Waals surface area contributed by atoms with Gasteiger partial charge in [-0.1, -0.05) is 6.07 Å². The first-order valence-corrected chi connectivity index (χ1v) is 11.5. The molecule has 2 N–H and O–H groups in total. The van der Waals surface area contributed by atoms with Crippen molar-refractivity contribution in [2.24, 2.45) is 23.2 Å². The predicted octanol–water partition coefficient (Wildman–Crippen LogP) is 4.46. The Morgan fingerprint density at radius 3 is 2.41 bits per heavy atom. The van der Waals surface area contributed by atoms with Crippen molar-refractivity contribution in [3.63, 3.8) is 0 Å². The van der Waals surface area contributed by atoms with Gasteiger partial charge in [0, 0.05) is 29.0 Å². The van der Waals surface area contributed by atoms with Crippen molar-refractivity contribution in [1.29, 1.82) is 0 Å². The Hall–Kier alpha value is -1.49. The summed E-state index contributed by atoms with van der Waals surface area (Å²) in [5.74, 6) is 2.62. The molecule has 4 nitrogen and oxygen atoms in total. The van der Waals surface area contributed by atoms with E-state index in [-0.39, 0.29) is 17.2 Å². The molecule has 0 saturated heterocycles. The van der Waals surface area contributed by atoms with Crippen molar-refractivity contribution in [2.75, 3.05) is 18.1 Å². The molecule has 0 spiro atoms. The van der Waals surface area contributed by atoms with Crippen LogP contribution in [-0.2, 0) is 9.59 Å². The Morgan fingerprint density at radius 2 is 1.78 bits per heavy atom. The standard InChI is InChI=1S/C22H30N2O2S/c1-27-19-5-2-4-18(11-19)24-20(25)6-3-7-23-21(26)22-12-15-8-16(13-22)10-17(9-15)14-22/h2,4-5,11,15-17H,3,6-10,12-14H2,1H3,(H,23,26)(H,24,25). The number of thioether (sulfide) groups is 1. The van der Waals surface area contributed by atoms with Gasteiger partial charge in [-0.25, -0.2) is 0 Å². The minimum atomic E-state index is -0.0880. The normalized spacial score (nSPS) is 30.9. The maximum Gasteiger partial charge on any atom is 0.226 e. The second kappa shape index (κ2) is 7.86. The lowest BCUT2D eigenvalue weighted by atomic mass is 9.49. The summed E-state index contributed by atoms with van der Waals surface area (Å²) in [6.07, 6.45) is 10.5. The van der Waals surface area contributed by atoms with Crippen LogP contribution in [0.2, 0.25) is 0 Å². The van der Waals surface area contributed by atoms with Crippen molar-refractivity contribution >= 4 is 29.3 Å². The monoisotopic (exact) mass is 386 g/mol. The van der Waals surface area contributed by atoms with Gasteiger partial charge in [0.1, 0.15) is 0 Å². The van der Waals surface area contributed by atoms with Gasteiger partial charge in [0.2, 0.25) is 11.8 Å². The average Bonchev–Trinajstić information content (AvgIpc) is 2.64. The molecule has 4 aliphatic rings. The maximum absolute atomic E-state index is 12.9. The van der Waals surface area contributed by atoms with Crippen LogP contribution in [0.1, 0.15) is 51.4 Å². The van der Waals surface area contributed by atoms with Crippen LogP contribution in [0.5, 0.6) is 0 Å². The Labute approximate surface area is 166 Å². The summed E-state index contributed by atoms with van der Waals surface area (Å²) < 4.78 is 0. The zero-order valence-corrected chi connectivity index (χ0v) is 16.9. The molecular weight excluding hydrogens is 356 g/mol. The van der Waals surface area contributed by atoms with Gasteiger partial charge < -0.3 is 10.6 Å². The second-order valence-corrected chi connectivity index (χ2v) is 9.72. The smallest absolute Gasteiger partial charge is 0.226 e. The first kappa shape index (κ1) is 18.9. The van der Waals surface area contributed by atoms with Gasteiger partial charge in [-0.05, 0) is 87.2 Å². The van der Waals surface area contributed by atoms with E-state index in [2.05, 4.69) is 10.6 Å². The van der Waals surface area contributed by atoms with Crippen LogP contribution < -0.4 is 10.6 Å². The summed E-state index contributed by atoms with van der Waals surface area (Å²) in [6.45, 7) is 0.596. The number of benzene rings is 1. The highest BCUT2D eigenvalue weighted by molar-refractivity contribution is 7.98. The van der Waals surface area contributed by atoms with Gasteiger partial charge >= 0.3 is 0 Å². The van der Waals surface area contributed by atoms with Crippen molar-refractivity contribution in [3.8, 4) is 0 Å². The maximum atomic E-state index is 12.9. The molecular formula is C22H30N2O2S. The number of amides is 2. The fraction of sp³-hybridized carbons (Fsp3) is 0.636. The van der Waals surface area contributed by atoms with Gasteiger partial charge in [-0.15, -0.1) is 11.8 Å². The van der Waals surface area contributed by atoms with Gasteiger partial charge in [-0.3, -0.25) is 9.59 Å². The van der Waals surface area contributed by atoms with Crippen molar-refractivity contribution < 1.29 is 9.59 Å². The third-order valence-corrected chi connectivity index (χ3v) is 7.46. The molecule has 0 heterocycles. The first-order chi connectivity index (χ1) is 13.1. The van der Waals surface area contributed by atoms with Gasteiger partial charge in [0.05, 0.1) is 0 Å². The number of nitrogens with one attached hydrogen (secondary N) is 2. The lowest BCUT2D eigenvalue weighted by Gasteiger charge is -2.55. The molecule has 0 atom stereocenters. The summed E-state index contributed by atoms with van der Waals surface area (Å²) in [6, 6.07) is 7.87. The molecule has 4 bridgehead atoms. The fourth-order valence-electron chi connectivity index (χ4n) is 5.95. The highest BCUT2D eigenvalue weighted by Gasteiger charge is 2.54. The Morgan fingerprint density at radius 1 is 1.11 bits per heavy atom. The molecule has 4 fully saturated rings. The molecule has 0 aliphatic heterocycles. The lowest BCUT2D eigenvalue weighted by molar-refractivity contribution is -0.146. The molecule has 0 unspecified atom stereocenters. The summed E-state index contributed by atoms with van der Waals surface area (Å²) in [5, 5.41) is 6.10. The summed E-state index contributed by atoms with van der Waals surface area (Å²) in [5.41, 5.74) is 0.749. The van der Waals surface area contributed by atoms with Crippen LogP contribution in [0.3, 0.4) is 0 Å². The molecule has 0 radical (unpaired) electrons. The van der Waals surface area contributed by atoms with E-state index in [4.69, 9.17) is 0 Å². The highest BCUT2D eigenvalue weighted by atomic mass is 32.2. The van der Waals surface area contributed by atoms with Crippen LogP contribution >= 0.6 is 11.8 Å². The van der Waals surface area contributed by atoms with Crippen molar-refractivity contribution in [1.82, 2.24) is 5.32 Å². The molecule has 4 aliphatic carbocycles. The average molecular weight is 387 g/mol. The lowest BCUT2D eigenvalue weighted by Crippen LogP contribution is -2.53. The largest absolute Gasteiger partial charge is 0.356 e. The quantitative estimate of drug-likeness (QED) is 0.537. The number of hydrogen-bond donors (Lipinski definition) is 2. The minimum absolute atomic E-state index is 0.0114. The molecule has 4 saturated carbocycles. The third-order valence-electron chi connectivity index (χ3n) is 6.74. The molecule has 146 valence electrons. The summed E-state index contributed by atoms with van der Waals surface area (Å²) >= 11 is 1.66. The van der Waals surface area contributed by atoms with E-state index >= 15 is 0 Å². The van der Waals surface area contributed by atoms with Crippen LogP contribution in [-0.4, -0.2) is 24.6 Å². The molecule has 5 rings (SSSR count). The Bertz CT molecular complexity index is 683. The Balaban J connectivity index is 1.21. The van der Waals surface area contributed by atoms with E-state index in [9.17, 15) is 9.59 Å². The Kier molecular flexibility index (Phi) is 5.49. The number of carbonyl (C=O) groups excluding carboxylic acids is 2. The zero-order chi connectivity index (χ0) is 18.9. The molecule has 2 amide bonds. The third kappa shape index (κ3) is 4.18. The van der Waals surface area contributed by atoms with Gasteiger partial charge in [-0.2, -0.15) is 0 Å². The molecule has 1 aromatic rings. The molecule has 1 aromatic carbocycles. The van der Waals surface area contributed by atoms with E-state index in [1.165, 1.54) is 19.3 Å². The summed E-state index contributed by atoms with van der Waals surface area (Å²) in [4.78, 5) is 26.2. The van der Waals surface area contributed by atoms with Crippen molar-refractivity contribution in [3.05, 3.63) is 24.3 Å². The number of hydrogen-bond acceptors (Lipinski definition) is 3. The zero-order valence-electron chi connectivity index (χ0n) is 16.1. The van der Waals surface area contributed by atoms with E-state index < -0.39 is 0 Å². The second-order valence-electron chi connectivity index (χ2n) is 8.84. The van der Waals surface area contributed by atoms with Crippen LogP contribution in [0.25, 0.3) is 0 Å². The fourth-order valence-corrected chi connectivity index (χ4v) is 6.41. The summed E-state index contributed by atoms with van der Waals surface area (Å²) in [7, 11) is 0. The number of rotatable bonds is 7. The van der Waals surface area contributed by atoms with Gasteiger partial charge in [0.15, 0.2) is 0 Å². The van der Waals surface area contributed by atoms with E-state index in [0.29, 0.717) is 19.4 Å². The predicted molar refractivity (Wildman–Crippen MR) is 110 cm³/mol.